The predicted molar refractivity (Wildman–Crippen MR) is 94.1 cm³/mol. The first-order valence-electron chi connectivity index (χ1n) is 8.32. The maximum absolute atomic E-state index is 12.4. The molecule has 24 heavy (non-hydrogen) atoms. The van der Waals surface area contributed by atoms with E-state index in [9.17, 15) is 4.79 Å². The van der Waals surface area contributed by atoms with Crippen LogP contribution in [0.1, 0.15) is 12.5 Å². The number of nitrogens with one attached hydrogen (secondary N) is 1. The van der Waals surface area contributed by atoms with Gasteiger partial charge in [0.25, 0.3) is 0 Å². The molecule has 7 nitrogen and oxygen atoms in total. The zero-order chi connectivity index (χ0) is 16.8. The molecule has 1 aliphatic heterocycles. The molecule has 1 aliphatic rings. The summed E-state index contributed by atoms with van der Waals surface area (Å²) in [4.78, 5) is 20.6. The van der Waals surface area contributed by atoms with Crippen molar-refractivity contribution in [2.75, 3.05) is 32.7 Å². The van der Waals surface area contributed by atoms with Crippen molar-refractivity contribution in [2.24, 2.45) is 0 Å². The van der Waals surface area contributed by atoms with Crippen molar-refractivity contribution in [3.63, 3.8) is 0 Å². The smallest absolute Gasteiger partial charge is 0.317 e. The van der Waals surface area contributed by atoms with Gasteiger partial charge in [0.2, 0.25) is 0 Å². The first kappa shape index (κ1) is 16.9. The van der Waals surface area contributed by atoms with Gasteiger partial charge >= 0.3 is 6.03 Å². The number of urea groups is 1. The second-order valence-electron chi connectivity index (χ2n) is 6.17. The standard InChI is InChI=1S/C16H24N6OS/c1-14(10-15-2-9-24-11-15)19-16(23)21-6-3-20(4-7-21)5-8-22-13-17-12-18-22/h2,9,11-14H,3-8,10H2,1H3,(H,19,23). The largest absolute Gasteiger partial charge is 0.335 e. The first-order valence-corrected chi connectivity index (χ1v) is 9.26. The summed E-state index contributed by atoms with van der Waals surface area (Å²) in [5, 5.41) is 11.4. The molecule has 130 valence electrons. The van der Waals surface area contributed by atoms with Gasteiger partial charge in [-0.1, -0.05) is 0 Å². The van der Waals surface area contributed by atoms with Gasteiger partial charge in [0.05, 0.1) is 6.54 Å². The highest BCUT2D eigenvalue weighted by Gasteiger charge is 2.21. The van der Waals surface area contributed by atoms with Crippen molar-refractivity contribution in [3.05, 3.63) is 35.0 Å². The summed E-state index contributed by atoms with van der Waals surface area (Å²) in [5.41, 5.74) is 1.28. The highest BCUT2D eigenvalue weighted by atomic mass is 32.1. The lowest BCUT2D eigenvalue weighted by Crippen LogP contribution is -2.53. The zero-order valence-corrected chi connectivity index (χ0v) is 14.8. The van der Waals surface area contributed by atoms with Crippen LogP contribution >= 0.6 is 11.3 Å². The Bertz CT molecular complexity index is 607. The average Bonchev–Trinajstić information content (AvgIpc) is 3.27. The molecule has 0 saturated carbocycles. The molecule has 2 amide bonds. The van der Waals surface area contributed by atoms with E-state index in [1.807, 2.05) is 9.58 Å². The van der Waals surface area contributed by atoms with E-state index < -0.39 is 0 Å². The molecule has 1 N–H and O–H groups in total. The van der Waals surface area contributed by atoms with E-state index >= 15 is 0 Å². The van der Waals surface area contributed by atoms with Gasteiger partial charge in [-0.15, -0.1) is 0 Å². The maximum atomic E-state index is 12.4. The molecule has 0 aliphatic carbocycles. The Balaban J connectivity index is 1.36. The molecule has 3 rings (SSSR count). The molecule has 8 heteroatoms. The van der Waals surface area contributed by atoms with Crippen molar-refractivity contribution in [3.8, 4) is 0 Å². The van der Waals surface area contributed by atoms with Gasteiger partial charge in [-0.2, -0.15) is 16.4 Å². The van der Waals surface area contributed by atoms with E-state index in [2.05, 4.69) is 44.0 Å². The van der Waals surface area contributed by atoms with Crippen LogP contribution < -0.4 is 5.32 Å². The normalized spacial score (nSPS) is 17.0. The molecular formula is C16H24N6OS. The Labute approximate surface area is 146 Å². The molecule has 3 heterocycles. The molecule has 0 radical (unpaired) electrons. The molecule has 0 spiro atoms. The third-order valence-electron chi connectivity index (χ3n) is 4.26. The van der Waals surface area contributed by atoms with Crippen LogP contribution in [0, 0.1) is 0 Å². The van der Waals surface area contributed by atoms with Crippen molar-refractivity contribution < 1.29 is 4.79 Å². The number of aromatic nitrogens is 3. The highest BCUT2D eigenvalue weighted by molar-refractivity contribution is 7.07. The second-order valence-corrected chi connectivity index (χ2v) is 6.95. The number of carbonyl (C=O) groups excluding carboxylic acids is 1. The maximum Gasteiger partial charge on any atom is 0.317 e. The van der Waals surface area contributed by atoms with Crippen LogP contribution in [-0.4, -0.2) is 69.4 Å². The molecule has 0 aromatic carbocycles. The number of piperazine rings is 1. The lowest BCUT2D eigenvalue weighted by molar-refractivity contribution is 0.134. The minimum absolute atomic E-state index is 0.0497. The minimum Gasteiger partial charge on any atom is -0.335 e. The number of rotatable bonds is 6. The van der Waals surface area contributed by atoms with Gasteiger partial charge in [-0.3, -0.25) is 9.58 Å². The number of hydrogen-bond acceptors (Lipinski definition) is 5. The fourth-order valence-corrected chi connectivity index (χ4v) is 3.56. The average molecular weight is 348 g/mol. The molecule has 0 bridgehead atoms. The molecule has 1 saturated heterocycles. The summed E-state index contributed by atoms with van der Waals surface area (Å²) in [6, 6.07) is 2.31. The summed E-state index contributed by atoms with van der Waals surface area (Å²) >= 11 is 1.69. The SMILES string of the molecule is CC(Cc1ccsc1)NC(=O)N1CCN(CCn2cncn2)CC1. The van der Waals surface area contributed by atoms with Gasteiger partial charge in [-0.25, -0.2) is 9.78 Å². The van der Waals surface area contributed by atoms with Crippen LogP contribution in [0.2, 0.25) is 0 Å². The first-order chi connectivity index (χ1) is 11.7. The van der Waals surface area contributed by atoms with E-state index in [4.69, 9.17) is 0 Å². The summed E-state index contributed by atoms with van der Waals surface area (Å²) in [5.74, 6) is 0. The number of carbonyl (C=O) groups is 1. The van der Waals surface area contributed by atoms with Crippen LogP contribution in [0.5, 0.6) is 0 Å². The van der Waals surface area contributed by atoms with Crippen LogP contribution in [0.25, 0.3) is 0 Å². The van der Waals surface area contributed by atoms with Crippen LogP contribution in [0.15, 0.2) is 29.5 Å². The van der Waals surface area contributed by atoms with Gasteiger partial charge in [0.1, 0.15) is 12.7 Å². The fourth-order valence-electron chi connectivity index (χ4n) is 2.88. The fraction of sp³-hybridized carbons (Fsp3) is 0.562. The van der Waals surface area contributed by atoms with Crippen LogP contribution in [-0.2, 0) is 13.0 Å². The highest BCUT2D eigenvalue weighted by Crippen LogP contribution is 2.09. The Kier molecular flexibility index (Phi) is 5.81. The molecule has 2 aromatic rings. The number of hydrogen-bond donors (Lipinski definition) is 1. The third kappa shape index (κ3) is 4.78. The van der Waals surface area contributed by atoms with Gasteiger partial charge in [-0.05, 0) is 35.7 Å². The lowest BCUT2D eigenvalue weighted by Gasteiger charge is -2.35. The van der Waals surface area contributed by atoms with E-state index in [1.54, 1.807) is 24.0 Å². The van der Waals surface area contributed by atoms with Crippen molar-refractivity contribution in [2.45, 2.75) is 25.9 Å². The van der Waals surface area contributed by atoms with Gasteiger partial charge in [0.15, 0.2) is 0 Å². The molecular weight excluding hydrogens is 324 g/mol. The van der Waals surface area contributed by atoms with E-state index in [0.717, 1.165) is 45.7 Å². The zero-order valence-electron chi connectivity index (χ0n) is 14.0. The summed E-state index contributed by atoms with van der Waals surface area (Å²) in [6.45, 7) is 7.19. The van der Waals surface area contributed by atoms with Crippen LogP contribution in [0.3, 0.4) is 0 Å². The Hall–Kier alpha value is -1.93. The van der Waals surface area contributed by atoms with Crippen molar-refractivity contribution >= 4 is 17.4 Å². The summed E-state index contributed by atoms with van der Waals surface area (Å²) in [7, 11) is 0. The van der Waals surface area contributed by atoms with E-state index in [1.165, 1.54) is 5.56 Å². The predicted octanol–water partition coefficient (Wildman–Crippen LogP) is 1.30. The third-order valence-corrected chi connectivity index (χ3v) is 5.00. The lowest BCUT2D eigenvalue weighted by atomic mass is 10.1. The monoisotopic (exact) mass is 348 g/mol. The second kappa shape index (κ2) is 8.25. The van der Waals surface area contributed by atoms with E-state index in [-0.39, 0.29) is 12.1 Å². The quantitative estimate of drug-likeness (QED) is 0.854. The van der Waals surface area contributed by atoms with Crippen molar-refractivity contribution in [1.29, 1.82) is 0 Å². The Morgan fingerprint density at radius 1 is 1.33 bits per heavy atom. The topological polar surface area (TPSA) is 66.3 Å². The number of nitrogens with zero attached hydrogens (tertiary/aromatic N) is 5. The minimum atomic E-state index is 0.0497. The summed E-state index contributed by atoms with van der Waals surface area (Å²) < 4.78 is 1.84. The Morgan fingerprint density at radius 2 is 2.17 bits per heavy atom. The number of thiophene rings is 1. The molecule has 1 fully saturated rings. The molecule has 2 aromatic heterocycles. The number of amides is 2. The summed E-state index contributed by atoms with van der Waals surface area (Å²) in [6.07, 6.45) is 4.17. The van der Waals surface area contributed by atoms with Gasteiger partial charge < -0.3 is 10.2 Å². The van der Waals surface area contributed by atoms with Crippen molar-refractivity contribution in [1.82, 2.24) is 29.9 Å². The molecule has 1 unspecified atom stereocenters. The van der Waals surface area contributed by atoms with Crippen LogP contribution in [0.4, 0.5) is 4.79 Å². The molecule has 1 atom stereocenters. The van der Waals surface area contributed by atoms with Gasteiger partial charge in [0, 0.05) is 38.8 Å². The van der Waals surface area contributed by atoms with E-state index in [0.29, 0.717) is 0 Å². The Morgan fingerprint density at radius 3 is 2.83 bits per heavy atom.